The topological polar surface area (TPSA) is 72.5 Å². The van der Waals surface area contributed by atoms with Gasteiger partial charge in [-0.15, -0.1) is 0 Å². The van der Waals surface area contributed by atoms with Crippen LogP contribution in [0.3, 0.4) is 0 Å². The Kier molecular flexibility index (Phi) is 4.61. The molecule has 1 aromatic carbocycles. The number of methoxy groups -OCH3 is 2. The number of anilines is 2. The molecule has 0 aliphatic heterocycles. The number of aryl methyl sites for hydroxylation is 1. The van der Waals surface area contributed by atoms with E-state index in [0.717, 1.165) is 5.56 Å². The second-order valence-corrected chi connectivity index (χ2v) is 4.35. The molecule has 6 heteroatoms. The lowest BCUT2D eigenvalue weighted by Gasteiger charge is -2.11. The maximum Gasteiger partial charge on any atom is 0.324 e. The number of hydrogen-bond acceptors (Lipinski definition) is 4. The Morgan fingerprint density at radius 3 is 2.33 bits per heavy atom. The van der Waals surface area contributed by atoms with Crippen molar-refractivity contribution in [2.24, 2.45) is 0 Å². The first kappa shape index (κ1) is 14.6. The van der Waals surface area contributed by atoms with Gasteiger partial charge in [0, 0.05) is 30.1 Å². The minimum atomic E-state index is -0.382. The van der Waals surface area contributed by atoms with E-state index in [4.69, 9.17) is 9.47 Å². The zero-order chi connectivity index (χ0) is 15.2. The summed E-state index contributed by atoms with van der Waals surface area (Å²) in [5, 5.41) is 5.41. The van der Waals surface area contributed by atoms with E-state index in [2.05, 4.69) is 15.6 Å². The molecule has 0 aliphatic rings. The number of nitrogens with zero attached hydrogens (tertiary/aromatic N) is 1. The maximum atomic E-state index is 12.0. The number of carbonyl (C=O) groups is 1. The molecule has 0 radical (unpaired) electrons. The molecule has 2 rings (SSSR count). The van der Waals surface area contributed by atoms with Crippen LogP contribution in [-0.4, -0.2) is 25.2 Å². The zero-order valence-electron chi connectivity index (χ0n) is 12.1. The van der Waals surface area contributed by atoms with Gasteiger partial charge in [-0.3, -0.25) is 5.32 Å². The number of rotatable bonds is 4. The molecule has 0 spiro atoms. The van der Waals surface area contributed by atoms with Gasteiger partial charge < -0.3 is 14.8 Å². The molecule has 2 N–H and O–H groups in total. The Labute approximate surface area is 123 Å². The predicted octanol–water partition coefficient (Wildman–Crippen LogP) is 3.05. The van der Waals surface area contributed by atoms with Crippen LogP contribution in [0.5, 0.6) is 11.5 Å². The molecule has 0 saturated heterocycles. The maximum absolute atomic E-state index is 12.0. The van der Waals surface area contributed by atoms with Gasteiger partial charge in [0.2, 0.25) is 0 Å². The Bertz CT molecular complexity index is 622. The molecule has 0 unspecified atom stereocenters. The van der Waals surface area contributed by atoms with Gasteiger partial charge in [0.1, 0.15) is 17.3 Å². The van der Waals surface area contributed by atoms with Gasteiger partial charge in [0.15, 0.2) is 0 Å². The monoisotopic (exact) mass is 287 g/mol. The van der Waals surface area contributed by atoms with Gasteiger partial charge in [0.25, 0.3) is 0 Å². The third-order valence-electron chi connectivity index (χ3n) is 2.85. The van der Waals surface area contributed by atoms with Crippen molar-refractivity contribution >= 4 is 17.5 Å². The molecule has 1 heterocycles. The summed E-state index contributed by atoms with van der Waals surface area (Å²) in [7, 11) is 3.10. The van der Waals surface area contributed by atoms with E-state index in [0.29, 0.717) is 23.0 Å². The number of pyridine rings is 1. The number of hydrogen-bond donors (Lipinski definition) is 2. The van der Waals surface area contributed by atoms with E-state index in [1.165, 1.54) is 0 Å². The first-order valence-electron chi connectivity index (χ1n) is 6.35. The number of urea groups is 1. The van der Waals surface area contributed by atoms with Crippen LogP contribution in [0.25, 0.3) is 0 Å². The average Bonchev–Trinajstić information content (AvgIpc) is 2.49. The zero-order valence-corrected chi connectivity index (χ0v) is 12.1. The second kappa shape index (κ2) is 6.60. The van der Waals surface area contributed by atoms with Gasteiger partial charge in [-0.25, -0.2) is 9.78 Å². The van der Waals surface area contributed by atoms with E-state index in [-0.39, 0.29) is 6.03 Å². The summed E-state index contributed by atoms with van der Waals surface area (Å²) in [6.45, 7) is 1.87. The van der Waals surface area contributed by atoms with E-state index in [9.17, 15) is 4.79 Å². The van der Waals surface area contributed by atoms with Gasteiger partial charge >= 0.3 is 6.03 Å². The van der Waals surface area contributed by atoms with Crippen LogP contribution < -0.4 is 20.1 Å². The molecule has 1 aromatic heterocycles. The fourth-order valence-corrected chi connectivity index (χ4v) is 1.77. The summed E-state index contributed by atoms with van der Waals surface area (Å²) in [5.41, 5.74) is 1.45. The van der Waals surface area contributed by atoms with Crippen molar-refractivity contribution in [2.45, 2.75) is 6.92 Å². The van der Waals surface area contributed by atoms with Crippen LogP contribution >= 0.6 is 0 Å². The van der Waals surface area contributed by atoms with Crippen molar-refractivity contribution in [3.05, 3.63) is 42.1 Å². The molecular formula is C15H17N3O3. The summed E-state index contributed by atoms with van der Waals surface area (Å²) in [5.74, 6) is 1.71. The highest BCUT2D eigenvalue weighted by Crippen LogP contribution is 2.25. The lowest BCUT2D eigenvalue weighted by atomic mass is 10.2. The Hall–Kier alpha value is -2.76. The lowest BCUT2D eigenvalue weighted by Crippen LogP contribution is -2.20. The number of carbonyl (C=O) groups excluding carboxylic acids is 1. The van der Waals surface area contributed by atoms with Gasteiger partial charge in [-0.2, -0.15) is 0 Å². The molecule has 0 bridgehead atoms. The first-order valence-corrected chi connectivity index (χ1v) is 6.35. The smallest absolute Gasteiger partial charge is 0.324 e. The van der Waals surface area contributed by atoms with Crippen molar-refractivity contribution in [1.29, 1.82) is 0 Å². The lowest BCUT2D eigenvalue weighted by molar-refractivity contribution is 0.262. The van der Waals surface area contributed by atoms with Crippen LogP contribution in [0.1, 0.15) is 5.56 Å². The highest BCUT2D eigenvalue weighted by Gasteiger charge is 2.08. The van der Waals surface area contributed by atoms with Gasteiger partial charge in [-0.1, -0.05) is 6.07 Å². The normalized spacial score (nSPS) is 9.86. The molecule has 2 aromatic rings. The third kappa shape index (κ3) is 3.85. The summed E-state index contributed by atoms with van der Waals surface area (Å²) in [6.07, 6.45) is 1.62. The van der Waals surface area contributed by atoms with Crippen LogP contribution in [0, 0.1) is 6.92 Å². The summed E-state index contributed by atoms with van der Waals surface area (Å²) in [4.78, 5) is 16.1. The van der Waals surface area contributed by atoms with Gasteiger partial charge in [-0.05, 0) is 18.6 Å². The van der Waals surface area contributed by atoms with Crippen molar-refractivity contribution in [3.63, 3.8) is 0 Å². The largest absolute Gasteiger partial charge is 0.497 e. The van der Waals surface area contributed by atoms with Crippen LogP contribution in [0.4, 0.5) is 16.3 Å². The number of aromatic nitrogens is 1. The van der Waals surface area contributed by atoms with Crippen LogP contribution in [-0.2, 0) is 0 Å². The molecule has 2 amide bonds. The molecular weight excluding hydrogens is 270 g/mol. The summed E-state index contributed by atoms with van der Waals surface area (Å²) in [6, 6.07) is 8.43. The quantitative estimate of drug-likeness (QED) is 0.906. The second-order valence-electron chi connectivity index (χ2n) is 4.35. The Balaban J connectivity index is 2.11. The van der Waals surface area contributed by atoms with Crippen LogP contribution in [0.15, 0.2) is 36.5 Å². The highest BCUT2D eigenvalue weighted by atomic mass is 16.5. The summed E-state index contributed by atoms with van der Waals surface area (Å²) >= 11 is 0. The molecule has 0 atom stereocenters. The van der Waals surface area contributed by atoms with Crippen molar-refractivity contribution in [1.82, 2.24) is 4.98 Å². The number of benzene rings is 1. The third-order valence-corrected chi connectivity index (χ3v) is 2.85. The first-order chi connectivity index (χ1) is 10.1. The SMILES string of the molecule is COc1cc(NC(=O)Nc2ncccc2C)cc(OC)c1. The number of amides is 2. The van der Waals surface area contributed by atoms with Crippen molar-refractivity contribution < 1.29 is 14.3 Å². The number of nitrogens with one attached hydrogen (secondary N) is 2. The minimum absolute atomic E-state index is 0.382. The fraction of sp³-hybridized carbons (Fsp3) is 0.200. The fourth-order valence-electron chi connectivity index (χ4n) is 1.77. The summed E-state index contributed by atoms with van der Waals surface area (Å²) < 4.78 is 10.3. The van der Waals surface area contributed by atoms with E-state index in [1.807, 2.05) is 19.1 Å². The number of ether oxygens (including phenoxy) is 2. The van der Waals surface area contributed by atoms with E-state index < -0.39 is 0 Å². The standard InChI is InChI=1S/C15H17N3O3/c1-10-5-4-6-16-14(10)18-15(19)17-11-7-12(20-2)9-13(8-11)21-3/h4-9H,1-3H3,(H2,16,17,18,19). The molecule has 21 heavy (non-hydrogen) atoms. The Morgan fingerprint density at radius 2 is 1.76 bits per heavy atom. The minimum Gasteiger partial charge on any atom is -0.497 e. The van der Waals surface area contributed by atoms with Crippen molar-refractivity contribution in [2.75, 3.05) is 24.9 Å². The molecule has 6 nitrogen and oxygen atoms in total. The molecule has 110 valence electrons. The molecule has 0 saturated carbocycles. The van der Waals surface area contributed by atoms with Crippen molar-refractivity contribution in [3.8, 4) is 11.5 Å². The molecule has 0 fully saturated rings. The highest BCUT2D eigenvalue weighted by molar-refractivity contribution is 5.99. The van der Waals surface area contributed by atoms with E-state index >= 15 is 0 Å². The predicted molar refractivity (Wildman–Crippen MR) is 81.2 cm³/mol. The van der Waals surface area contributed by atoms with Crippen LogP contribution in [0.2, 0.25) is 0 Å². The van der Waals surface area contributed by atoms with Gasteiger partial charge in [0.05, 0.1) is 14.2 Å². The average molecular weight is 287 g/mol. The molecule has 0 aliphatic carbocycles. The Morgan fingerprint density at radius 1 is 1.10 bits per heavy atom. The van der Waals surface area contributed by atoms with E-state index in [1.54, 1.807) is 38.6 Å².